The van der Waals surface area contributed by atoms with Crippen LogP contribution in [-0.4, -0.2) is 10.9 Å². The summed E-state index contributed by atoms with van der Waals surface area (Å²) < 4.78 is 14.1. The van der Waals surface area contributed by atoms with Gasteiger partial charge in [-0.05, 0) is 25.1 Å². The number of nitrogens with one attached hydrogen (secondary N) is 1. The molecule has 2 aromatic rings. The third kappa shape index (κ3) is 3.14. The number of aryl methyl sites for hydroxylation is 1. The topological polar surface area (TPSA) is 42.0 Å². The van der Waals surface area contributed by atoms with Crippen molar-refractivity contribution >= 4 is 33.2 Å². The summed E-state index contributed by atoms with van der Waals surface area (Å²) in [4.78, 5) is 16.8. The summed E-state index contributed by atoms with van der Waals surface area (Å²) in [6, 6.07) is 4.35. The minimum Gasteiger partial charge on any atom is -0.347 e. The van der Waals surface area contributed by atoms with Gasteiger partial charge in [-0.25, -0.2) is 9.37 Å². The molecule has 0 spiro atoms. The number of nitrogens with zero attached hydrogens (tertiary/aromatic N) is 1. The number of carbonyl (C=O) groups excluding carboxylic acids is 1. The van der Waals surface area contributed by atoms with Crippen molar-refractivity contribution in [1.29, 1.82) is 0 Å². The van der Waals surface area contributed by atoms with Gasteiger partial charge in [-0.2, -0.15) is 0 Å². The van der Waals surface area contributed by atoms with Crippen LogP contribution in [0.2, 0.25) is 0 Å². The molecule has 0 atom stereocenters. The second-order valence-corrected chi connectivity index (χ2v) is 5.89. The zero-order valence-electron chi connectivity index (χ0n) is 9.54. The zero-order chi connectivity index (χ0) is 13.1. The summed E-state index contributed by atoms with van der Waals surface area (Å²) in [6.07, 6.45) is 1.71. The van der Waals surface area contributed by atoms with Gasteiger partial charge >= 0.3 is 0 Å². The van der Waals surface area contributed by atoms with Gasteiger partial charge in [-0.3, -0.25) is 4.79 Å². The molecule has 0 aliphatic heterocycles. The first kappa shape index (κ1) is 13.2. The van der Waals surface area contributed by atoms with Crippen molar-refractivity contribution in [3.63, 3.8) is 0 Å². The molecular weight excluding hydrogens is 319 g/mol. The van der Waals surface area contributed by atoms with E-state index in [1.54, 1.807) is 12.3 Å². The molecule has 1 N–H and O–H groups in total. The Kier molecular flexibility index (Phi) is 4.08. The maximum Gasteiger partial charge on any atom is 0.254 e. The Morgan fingerprint density at radius 1 is 1.56 bits per heavy atom. The van der Waals surface area contributed by atoms with Crippen molar-refractivity contribution in [2.75, 3.05) is 0 Å². The molecule has 1 aromatic carbocycles. The van der Waals surface area contributed by atoms with E-state index >= 15 is 0 Å². The number of aromatic nitrogens is 1. The van der Waals surface area contributed by atoms with Gasteiger partial charge in [-0.15, -0.1) is 11.3 Å². The Morgan fingerprint density at radius 2 is 2.33 bits per heavy atom. The van der Waals surface area contributed by atoms with Crippen molar-refractivity contribution in [1.82, 2.24) is 10.3 Å². The zero-order valence-corrected chi connectivity index (χ0v) is 11.9. The quantitative estimate of drug-likeness (QED) is 0.939. The second kappa shape index (κ2) is 5.58. The number of carbonyl (C=O) groups is 1. The van der Waals surface area contributed by atoms with Crippen LogP contribution in [0.25, 0.3) is 0 Å². The van der Waals surface area contributed by atoms with Crippen LogP contribution in [0.5, 0.6) is 0 Å². The van der Waals surface area contributed by atoms with Gasteiger partial charge in [0.25, 0.3) is 5.91 Å². The van der Waals surface area contributed by atoms with Gasteiger partial charge in [-0.1, -0.05) is 15.9 Å². The van der Waals surface area contributed by atoms with Gasteiger partial charge < -0.3 is 5.32 Å². The molecule has 0 aliphatic rings. The fraction of sp³-hybridized carbons (Fsp3) is 0.167. The van der Waals surface area contributed by atoms with Crippen LogP contribution < -0.4 is 5.32 Å². The van der Waals surface area contributed by atoms with E-state index in [9.17, 15) is 9.18 Å². The lowest BCUT2D eigenvalue weighted by atomic mass is 10.2. The predicted octanol–water partition coefficient (Wildman–Crippen LogP) is 3.28. The van der Waals surface area contributed by atoms with Crippen molar-refractivity contribution in [2.45, 2.75) is 13.5 Å². The molecule has 0 saturated heterocycles. The van der Waals surface area contributed by atoms with E-state index in [1.165, 1.54) is 23.5 Å². The Bertz CT molecular complexity index is 585. The van der Waals surface area contributed by atoms with Crippen LogP contribution in [0.1, 0.15) is 20.2 Å². The Morgan fingerprint density at radius 3 is 2.94 bits per heavy atom. The van der Waals surface area contributed by atoms with E-state index in [0.717, 1.165) is 9.88 Å². The minimum absolute atomic E-state index is 0.0411. The molecular formula is C12H10BrFN2OS. The number of benzene rings is 1. The highest BCUT2D eigenvalue weighted by atomic mass is 79.9. The standard InChI is InChI=1S/C12H10BrFN2OS/c1-7-15-5-9(18-7)6-16-12(17)10-3-2-8(13)4-11(10)14/h2-5H,6H2,1H3,(H,16,17). The van der Waals surface area contributed by atoms with Crippen LogP contribution in [0.4, 0.5) is 4.39 Å². The molecule has 18 heavy (non-hydrogen) atoms. The van der Waals surface area contributed by atoms with Gasteiger partial charge in [0.2, 0.25) is 0 Å². The third-order valence-electron chi connectivity index (χ3n) is 2.27. The molecule has 1 aromatic heterocycles. The highest BCUT2D eigenvalue weighted by Crippen LogP contribution is 2.16. The Hall–Kier alpha value is -1.27. The molecule has 0 fully saturated rings. The number of rotatable bonds is 3. The maximum absolute atomic E-state index is 13.5. The van der Waals surface area contributed by atoms with E-state index in [-0.39, 0.29) is 5.56 Å². The van der Waals surface area contributed by atoms with E-state index in [4.69, 9.17) is 0 Å². The normalized spacial score (nSPS) is 10.4. The fourth-order valence-corrected chi connectivity index (χ4v) is 2.49. The number of halogens is 2. The van der Waals surface area contributed by atoms with Crippen LogP contribution in [0, 0.1) is 12.7 Å². The molecule has 0 bridgehead atoms. The van der Waals surface area contributed by atoms with E-state index in [2.05, 4.69) is 26.2 Å². The van der Waals surface area contributed by atoms with Gasteiger partial charge in [0.05, 0.1) is 17.1 Å². The van der Waals surface area contributed by atoms with Crippen molar-refractivity contribution in [2.24, 2.45) is 0 Å². The van der Waals surface area contributed by atoms with Crippen LogP contribution in [-0.2, 0) is 6.54 Å². The average molecular weight is 329 g/mol. The molecule has 1 heterocycles. The number of hydrogen-bond donors (Lipinski definition) is 1. The summed E-state index contributed by atoms with van der Waals surface area (Å²) >= 11 is 4.65. The first-order valence-corrected chi connectivity index (χ1v) is 6.82. The molecule has 3 nitrogen and oxygen atoms in total. The predicted molar refractivity (Wildman–Crippen MR) is 72.1 cm³/mol. The second-order valence-electron chi connectivity index (χ2n) is 3.65. The summed E-state index contributed by atoms with van der Waals surface area (Å²) in [5.74, 6) is -0.964. The lowest BCUT2D eigenvalue weighted by Crippen LogP contribution is -2.23. The molecule has 0 unspecified atom stereocenters. The molecule has 6 heteroatoms. The van der Waals surface area contributed by atoms with Crippen molar-refractivity contribution in [3.8, 4) is 0 Å². The summed E-state index contributed by atoms with van der Waals surface area (Å²) in [6.45, 7) is 2.25. The number of amides is 1. The highest BCUT2D eigenvalue weighted by Gasteiger charge is 2.11. The monoisotopic (exact) mass is 328 g/mol. The van der Waals surface area contributed by atoms with E-state index < -0.39 is 11.7 Å². The lowest BCUT2D eigenvalue weighted by molar-refractivity contribution is 0.0947. The summed E-state index contributed by atoms with van der Waals surface area (Å²) in [7, 11) is 0. The molecule has 2 rings (SSSR count). The number of thiazole rings is 1. The fourth-order valence-electron chi connectivity index (χ4n) is 1.42. The molecule has 0 radical (unpaired) electrons. The van der Waals surface area contributed by atoms with Crippen molar-refractivity contribution in [3.05, 3.63) is 50.1 Å². The third-order valence-corrected chi connectivity index (χ3v) is 3.67. The average Bonchev–Trinajstić information content (AvgIpc) is 2.72. The van der Waals surface area contributed by atoms with Crippen LogP contribution in [0.15, 0.2) is 28.9 Å². The maximum atomic E-state index is 13.5. The minimum atomic E-state index is -0.539. The SMILES string of the molecule is Cc1ncc(CNC(=O)c2ccc(Br)cc2F)s1. The first-order valence-electron chi connectivity index (χ1n) is 5.21. The molecule has 1 amide bonds. The van der Waals surface area contributed by atoms with Gasteiger partial charge in [0.15, 0.2) is 0 Å². The van der Waals surface area contributed by atoms with Crippen molar-refractivity contribution < 1.29 is 9.18 Å². The lowest BCUT2D eigenvalue weighted by Gasteiger charge is -2.04. The Balaban J connectivity index is 2.03. The first-order chi connectivity index (χ1) is 8.56. The Labute approximate surface area is 116 Å². The van der Waals surface area contributed by atoms with Crippen LogP contribution >= 0.6 is 27.3 Å². The highest BCUT2D eigenvalue weighted by molar-refractivity contribution is 9.10. The van der Waals surface area contributed by atoms with Crippen LogP contribution in [0.3, 0.4) is 0 Å². The smallest absolute Gasteiger partial charge is 0.254 e. The molecule has 0 saturated carbocycles. The molecule has 94 valence electrons. The largest absolute Gasteiger partial charge is 0.347 e. The summed E-state index contributed by atoms with van der Waals surface area (Å²) in [5.41, 5.74) is 0.0411. The number of hydrogen-bond acceptors (Lipinski definition) is 3. The molecule has 0 aliphatic carbocycles. The van der Waals surface area contributed by atoms with E-state index in [1.807, 2.05) is 6.92 Å². The van der Waals surface area contributed by atoms with E-state index in [0.29, 0.717) is 11.0 Å². The van der Waals surface area contributed by atoms with Gasteiger partial charge in [0, 0.05) is 15.5 Å². The summed E-state index contributed by atoms with van der Waals surface area (Å²) in [5, 5.41) is 3.60. The van der Waals surface area contributed by atoms with Gasteiger partial charge in [0.1, 0.15) is 5.82 Å².